The van der Waals surface area contributed by atoms with E-state index in [0.717, 1.165) is 56.6 Å². The summed E-state index contributed by atoms with van der Waals surface area (Å²) in [6, 6.07) is 10.7. The minimum absolute atomic E-state index is 0.616. The van der Waals surface area contributed by atoms with E-state index in [9.17, 15) is 0 Å². The SMILES string of the molecule is Cc1cccc(N2CCN(Cc3nc(-c4ccc(N5CCC(C)CC5)nc4)no3)CC2)c1C. The second-order valence-electron chi connectivity index (χ2n) is 9.57. The number of piperidine rings is 1. The average molecular weight is 447 g/mol. The summed E-state index contributed by atoms with van der Waals surface area (Å²) >= 11 is 0. The smallest absolute Gasteiger partial charge is 0.241 e. The molecule has 0 radical (unpaired) electrons. The Bertz CT molecular complexity index is 1060. The quantitative estimate of drug-likeness (QED) is 0.579. The Labute approximate surface area is 196 Å². The van der Waals surface area contributed by atoms with Gasteiger partial charge in [0, 0.05) is 56.7 Å². The highest BCUT2D eigenvalue weighted by atomic mass is 16.5. The fraction of sp³-hybridized carbons (Fsp3) is 0.500. The lowest BCUT2D eigenvalue weighted by molar-refractivity contribution is 0.215. The number of nitrogens with zero attached hydrogens (tertiary/aromatic N) is 6. The summed E-state index contributed by atoms with van der Waals surface area (Å²) in [5.41, 5.74) is 4.98. The number of aryl methyl sites for hydroxylation is 1. The molecule has 0 unspecified atom stereocenters. The van der Waals surface area contributed by atoms with Gasteiger partial charge in [-0.15, -0.1) is 0 Å². The summed E-state index contributed by atoms with van der Waals surface area (Å²) in [7, 11) is 0. The maximum Gasteiger partial charge on any atom is 0.241 e. The van der Waals surface area contributed by atoms with E-state index in [0.29, 0.717) is 18.3 Å². The summed E-state index contributed by atoms with van der Waals surface area (Å²) in [6.07, 6.45) is 4.33. The summed E-state index contributed by atoms with van der Waals surface area (Å²) in [4.78, 5) is 16.5. The molecule has 2 fully saturated rings. The third-order valence-corrected chi connectivity index (χ3v) is 7.23. The number of piperazine rings is 1. The van der Waals surface area contributed by atoms with Gasteiger partial charge in [0.2, 0.25) is 11.7 Å². The topological polar surface area (TPSA) is 61.5 Å². The molecule has 0 amide bonds. The van der Waals surface area contributed by atoms with Crippen molar-refractivity contribution >= 4 is 11.5 Å². The lowest BCUT2D eigenvalue weighted by atomic mass is 9.99. The Morgan fingerprint density at radius 1 is 0.939 bits per heavy atom. The van der Waals surface area contributed by atoms with Crippen LogP contribution in [0.3, 0.4) is 0 Å². The van der Waals surface area contributed by atoms with Crippen LogP contribution in [0.4, 0.5) is 11.5 Å². The van der Waals surface area contributed by atoms with Gasteiger partial charge in [-0.25, -0.2) is 4.98 Å². The number of hydrogen-bond acceptors (Lipinski definition) is 7. The molecular weight excluding hydrogens is 412 g/mol. The molecule has 7 nitrogen and oxygen atoms in total. The molecule has 2 saturated heterocycles. The standard InChI is InChI=1S/C26H34N6O/c1-19-9-11-32(12-10-19)24-8-7-22(17-27-24)26-28-25(33-29-26)18-30-13-15-31(16-14-30)23-6-4-5-20(2)21(23)3/h4-8,17,19H,9-16,18H2,1-3H3. The third-order valence-electron chi connectivity index (χ3n) is 7.23. The van der Waals surface area contributed by atoms with Crippen LogP contribution in [0.5, 0.6) is 0 Å². The first kappa shape index (κ1) is 21.9. The van der Waals surface area contributed by atoms with Crippen LogP contribution < -0.4 is 9.80 Å². The van der Waals surface area contributed by atoms with Crippen LogP contribution in [0.2, 0.25) is 0 Å². The molecule has 4 heterocycles. The molecule has 33 heavy (non-hydrogen) atoms. The van der Waals surface area contributed by atoms with Crippen molar-refractivity contribution in [2.45, 2.75) is 40.2 Å². The third kappa shape index (κ3) is 4.88. The van der Waals surface area contributed by atoms with Crippen molar-refractivity contribution in [3.8, 4) is 11.4 Å². The molecule has 2 aliphatic heterocycles. The van der Waals surface area contributed by atoms with Crippen molar-refractivity contribution in [3.05, 3.63) is 53.5 Å². The Morgan fingerprint density at radius 2 is 1.73 bits per heavy atom. The molecule has 0 spiro atoms. The van der Waals surface area contributed by atoms with Crippen molar-refractivity contribution in [2.75, 3.05) is 49.1 Å². The lowest BCUT2D eigenvalue weighted by Crippen LogP contribution is -2.46. The second-order valence-corrected chi connectivity index (χ2v) is 9.57. The summed E-state index contributed by atoms with van der Waals surface area (Å²) in [6.45, 7) is 13.5. The van der Waals surface area contributed by atoms with E-state index in [1.165, 1.54) is 29.7 Å². The average Bonchev–Trinajstić information content (AvgIpc) is 3.31. The van der Waals surface area contributed by atoms with Gasteiger partial charge in [-0.3, -0.25) is 4.90 Å². The van der Waals surface area contributed by atoms with Gasteiger partial charge in [0.25, 0.3) is 0 Å². The van der Waals surface area contributed by atoms with Gasteiger partial charge in [-0.1, -0.05) is 24.2 Å². The molecule has 0 saturated carbocycles. The van der Waals surface area contributed by atoms with Crippen LogP contribution in [0, 0.1) is 19.8 Å². The number of rotatable bonds is 5. The Balaban J connectivity index is 1.17. The van der Waals surface area contributed by atoms with Crippen molar-refractivity contribution in [1.29, 1.82) is 0 Å². The Hall–Kier alpha value is -2.93. The minimum Gasteiger partial charge on any atom is -0.369 e. The normalized spacial score (nSPS) is 18.2. The molecule has 2 aromatic heterocycles. The first-order chi connectivity index (χ1) is 16.1. The van der Waals surface area contributed by atoms with E-state index in [1.807, 2.05) is 6.20 Å². The lowest BCUT2D eigenvalue weighted by Gasteiger charge is -2.36. The number of anilines is 2. The van der Waals surface area contributed by atoms with Gasteiger partial charge in [0.1, 0.15) is 5.82 Å². The number of benzene rings is 1. The van der Waals surface area contributed by atoms with Crippen LogP contribution in [0.1, 0.15) is 36.8 Å². The predicted molar refractivity (Wildman–Crippen MR) is 132 cm³/mol. The first-order valence-electron chi connectivity index (χ1n) is 12.1. The zero-order valence-electron chi connectivity index (χ0n) is 20.0. The maximum absolute atomic E-state index is 5.57. The minimum atomic E-state index is 0.616. The van der Waals surface area contributed by atoms with E-state index in [2.05, 4.69) is 80.9 Å². The van der Waals surface area contributed by atoms with Gasteiger partial charge < -0.3 is 14.3 Å². The zero-order valence-corrected chi connectivity index (χ0v) is 20.0. The van der Waals surface area contributed by atoms with Crippen LogP contribution >= 0.6 is 0 Å². The highest BCUT2D eigenvalue weighted by molar-refractivity contribution is 5.57. The number of aromatic nitrogens is 3. The monoisotopic (exact) mass is 446 g/mol. The number of pyridine rings is 1. The van der Waals surface area contributed by atoms with E-state index >= 15 is 0 Å². The molecular formula is C26H34N6O. The summed E-state index contributed by atoms with van der Waals surface area (Å²) in [5, 5.41) is 4.21. The summed E-state index contributed by atoms with van der Waals surface area (Å²) < 4.78 is 5.57. The van der Waals surface area contributed by atoms with E-state index < -0.39 is 0 Å². The van der Waals surface area contributed by atoms with Crippen molar-refractivity contribution < 1.29 is 4.52 Å². The molecule has 0 aliphatic carbocycles. The highest BCUT2D eigenvalue weighted by Gasteiger charge is 2.21. The molecule has 0 bridgehead atoms. The zero-order chi connectivity index (χ0) is 22.8. The van der Waals surface area contributed by atoms with Crippen LogP contribution in [-0.2, 0) is 6.54 Å². The molecule has 3 aromatic rings. The van der Waals surface area contributed by atoms with Gasteiger partial charge in [-0.05, 0) is 61.9 Å². The van der Waals surface area contributed by atoms with Crippen LogP contribution in [-0.4, -0.2) is 59.3 Å². The van der Waals surface area contributed by atoms with Crippen molar-refractivity contribution in [1.82, 2.24) is 20.0 Å². The van der Waals surface area contributed by atoms with Crippen LogP contribution in [0.25, 0.3) is 11.4 Å². The first-order valence-corrected chi connectivity index (χ1v) is 12.1. The van der Waals surface area contributed by atoms with E-state index in [4.69, 9.17) is 4.52 Å². The Kier molecular flexibility index (Phi) is 6.31. The summed E-state index contributed by atoms with van der Waals surface area (Å²) in [5.74, 6) is 3.13. The van der Waals surface area contributed by atoms with Crippen molar-refractivity contribution in [3.63, 3.8) is 0 Å². The second kappa shape index (κ2) is 9.51. The highest BCUT2D eigenvalue weighted by Crippen LogP contribution is 2.25. The molecule has 1 aromatic carbocycles. The van der Waals surface area contributed by atoms with Gasteiger partial charge in [0.05, 0.1) is 6.54 Å². The molecule has 174 valence electrons. The van der Waals surface area contributed by atoms with E-state index in [1.54, 1.807) is 0 Å². The predicted octanol–water partition coefficient (Wildman–Crippen LogP) is 4.31. The maximum atomic E-state index is 5.57. The largest absolute Gasteiger partial charge is 0.369 e. The fourth-order valence-electron chi connectivity index (χ4n) is 4.80. The molecule has 0 N–H and O–H groups in total. The van der Waals surface area contributed by atoms with Gasteiger partial charge >= 0.3 is 0 Å². The molecule has 5 rings (SSSR count). The molecule has 7 heteroatoms. The van der Waals surface area contributed by atoms with Crippen LogP contribution in [0.15, 0.2) is 41.1 Å². The van der Waals surface area contributed by atoms with Crippen molar-refractivity contribution in [2.24, 2.45) is 5.92 Å². The van der Waals surface area contributed by atoms with E-state index in [-0.39, 0.29) is 0 Å². The molecule has 2 aliphatic rings. The van der Waals surface area contributed by atoms with Gasteiger partial charge in [-0.2, -0.15) is 4.98 Å². The molecule has 0 atom stereocenters. The Morgan fingerprint density at radius 3 is 2.45 bits per heavy atom. The van der Waals surface area contributed by atoms with Gasteiger partial charge in [0.15, 0.2) is 0 Å². The number of hydrogen-bond donors (Lipinski definition) is 0. The fourth-order valence-corrected chi connectivity index (χ4v) is 4.80.